The van der Waals surface area contributed by atoms with Crippen LogP contribution in [0, 0.1) is 0 Å². The first-order chi connectivity index (χ1) is 10.3. The predicted molar refractivity (Wildman–Crippen MR) is 79.0 cm³/mol. The van der Waals surface area contributed by atoms with Gasteiger partial charge in [0.2, 0.25) is 11.7 Å². The van der Waals surface area contributed by atoms with Crippen LogP contribution in [0.4, 0.5) is 4.79 Å². The Labute approximate surface area is 128 Å². The van der Waals surface area contributed by atoms with E-state index in [1.807, 2.05) is 13.1 Å². The number of ether oxygens (including phenoxy) is 1. The van der Waals surface area contributed by atoms with Crippen LogP contribution < -0.4 is 5.32 Å². The van der Waals surface area contributed by atoms with Gasteiger partial charge in [-0.3, -0.25) is 4.68 Å². The normalized spacial score (nSPS) is 13.0. The van der Waals surface area contributed by atoms with Gasteiger partial charge in [-0.15, -0.1) is 0 Å². The largest absolute Gasteiger partial charge is 0.444 e. The molecule has 22 heavy (non-hydrogen) atoms. The number of hydrogen-bond acceptors (Lipinski definition) is 6. The number of amides is 1. The van der Waals surface area contributed by atoms with E-state index in [-0.39, 0.29) is 0 Å². The summed E-state index contributed by atoms with van der Waals surface area (Å²) in [5.41, 5.74) is 0.208. The summed E-state index contributed by atoms with van der Waals surface area (Å²) in [4.78, 5) is 16.0. The first-order valence-electron chi connectivity index (χ1n) is 7.14. The van der Waals surface area contributed by atoms with Crippen molar-refractivity contribution in [1.29, 1.82) is 0 Å². The molecule has 0 saturated heterocycles. The Bertz CT molecular complexity index is 641. The summed E-state index contributed by atoms with van der Waals surface area (Å²) in [6, 6.07) is -0.447. The molecule has 0 aliphatic heterocycles. The number of aromatic nitrogens is 4. The molecule has 2 heterocycles. The summed E-state index contributed by atoms with van der Waals surface area (Å²) in [7, 11) is 0. The highest BCUT2D eigenvalue weighted by Crippen LogP contribution is 2.18. The molecule has 1 atom stereocenters. The Kier molecular flexibility index (Phi) is 4.48. The molecular weight excluding hydrogens is 286 g/mol. The summed E-state index contributed by atoms with van der Waals surface area (Å²) < 4.78 is 12.1. The molecule has 8 nitrogen and oxygen atoms in total. The van der Waals surface area contributed by atoms with Crippen molar-refractivity contribution < 1.29 is 14.1 Å². The van der Waals surface area contributed by atoms with E-state index in [2.05, 4.69) is 20.6 Å². The lowest BCUT2D eigenvalue weighted by Crippen LogP contribution is -2.34. The maximum Gasteiger partial charge on any atom is 0.408 e. The molecule has 120 valence electrons. The van der Waals surface area contributed by atoms with Gasteiger partial charge < -0.3 is 14.6 Å². The minimum atomic E-state index is -0.557. The fourth-order valence-corrected chi connectivity index (χ4v) is 1.73. The number of alkyl carbamates (subject to hydrolysis) is 1. The van der Waals surface area contributed by atoms with Crippen molar-refractivity contribution in [3.05, 3.63) is 18.3 Å². The number of carbonyl (C=O) groups excluding carboxylic acids is 1. The quantitative estimate of drug-likeness (QED) is 0.932. The third kappa shape index (κ3) is 4.06. The van der Waals surface area contributed by atoms with Crippen LogP contribution in [-0.4, -0.2) is 31.6 Å². The van der Waals surface area contributed by atoms with Gasteiger partial charge in [-0.05, 0) is 34.6 Å². The van der Waals surface area contributed by atoms with E-state index >= 15 is 0 Å². The molecule has 0 saturated carbocycles. The molecule has 8 heteroatoms. The second kappa shape index (κ2) is 6.17. The Morgan fingerprint density at radius 3 is 2.82 bits per heavy atom. The van der Waals surface area contributed by atoms with Gasteiger partial charge in [0.05, 0.1) is 11.8 Å². The third-order valence-corrected chi connectivity index (χ3v) is 2.76. The summed E-state index contributed by atoms with van der Waals surface area (Å²) in [6.07, 6.45) is 2.98. The molecule has 0 aliphatic carbocycles. The van der Waals surface area contributed by atoms with Gasteiger partial charge >= 0.3 is 6.09 Å². The van der Waals surface area contributed by atoms with E-state index in [0.29, 0.717) is 11.7 Å². The Hall–Kier alpha value is -2.38. The highest BCUT2D eigenvalue weighted by atomic mass is 16.6. The summed E-state index contributed by atoms with van der Waals surface area (Å²) in [6.45, 7) is 9.90. The van der Waals surface area contributed by atoms with E-state index in [4.69, 9.17) is 9.26 Å². The van der Waals surface area contributed by atoms with Crippen molar-refractivity contribution >= 4 is 6.09 Å². The minimum Gasteiger partial charge on any atom is -0.444 e. The van der Waals surface area contributed by atoms with Crippen molar-refractivity contribution in [1.82, 2.24) is 25.2 Å². The second-order valence-electron chi connectivity index (χ2n) is 5.91. The van der Waals surface area contributed by atoms with Gasteiger partial charge in [-0.2, -0.15) is 10.1 Å². The SMILES string of the molecule is CCn1cc(-c2noc([C@@H](C)NC(=O)OC(C)(C)C)n2)cn1. The topological polar surface area (TPSA) is 95.1 Å². The van der Waals surface area contributed by atoms with Crippen LogP contribution in [0.1, 0.15) is 46.6 Å². The highest BCUT2D eigenvalue weighted by Gasteiger charge is 2.21. The van der Waals surface area contributed by atoms with Crippen molar-refractivity contribution in [3.8, 4) is 11.4 Å². The zero-order chi connectivity index (χ0) is 16.3. The molecule has 0 radical (unpaired) electrons. The number of aryl methyl sites for hydroxylation is 1. The summed E-state index contributed by atoms with van der Waals surface area (Å²) in [5.74, 6) is 0.748. The summed E-state index contributed by atoms with van der Waals surface area (Å²) in [5, 5.41) is 10.7. The molecule has 1 N–H and O–H groups in total. The lowest BCUT2D eigenvalue weighted by atomic mass is 10.2. The number of nitrogens with one attached hydrogen (secondary N) is 1. The average Bonchev–Trinajstić information content (AvgIpc) is 3.05. The molecule has 0 spiro atoms. The predicted octanol–water partition coefficient (Wildman–Crippen LogP) is 2.54. The van der Waals surface area contributed by atoms with Crippen LogP contribution in [0.15, 0.2) is 16.9 Å². The van der Waals surface area contributed by atoms with Crippen molar-refractivity contribution in [2.75, 3.05) is 0 Å². The van der Waals surface area contributed by atoms with Crippen molar-refractivity contribution in [2.24, 2.45) is 0 Å². The number of nitrogens with zero attached hydrogens (tertiary/aromatic N) is 4. The molecule has 2 aromatic heterocycles. The molecular formula is C14H21N5O3. The lowest BCUT2D eigenvalue weighted by molar-refractivity contribution is 0.0499. The van der Waals surface area contributed by atoms with Crippen LogP contribution in [0.5, 0.6) is 0 Å². The maximum absolute atomic E-state index is 11.7. The highest BCUT2D eigenvalue weighted by molar-refractivity contribution is 5.68. The first kappa shape index (κ1) is 16.0. The molecule has 0 aromatic carbocycles. The fourth-order valence-electron chi connectivity index (χ4n) is 1.73. The lowest BCUT2D eigenvalue weighted by Gasteiger charge is -2.20. The smallest absolute Gasteiger partial charge is 0.408 e. The zero-order valence-corrected chi connectivity index (χ0v) is 13.5. The van der Waals surface area contributed by atoms with Crippen LogP contribution in [0.3, 0.4) is 0 Å². The van der Waals surface area contributed by atoms with E-state index in [0.717, 1.165) is 12.1 Å². The van der Waals surface area contributed by atoms with Crippen molar-refractivity contribution in [2.45, 2.75) is 52.8 Å². The molecule has 1 amide bonds. The van der Waals surface area contributed by atoms with Gasteiger partial charge in [-0.25, -0.2) is 4.79 Å². The van der Waals surface area contributed by atoms with Gasteiger partial charge in [0.15, 0.2) is 0 Å². The Balaban J connectivity index is 2.02. The molecule has 2 rings (SSSR count). The monoisotopic (exact) mass is 307 g/mol. The molecule has 0 unspecified atom stereocenters. The fraction of sp³-hybridized carbons (Fsp3) is 0.571. The Morgan fingerprint density at radius 1 is 1.50 bits per heavy atom. The minimum absolute atomic E-state index is 0.310. The van der Waals surface area contributed by atoms with Crippen LogP contribution in [0.2, 0.25) is 0 Å². The molecule has 0 fully saturated rings. The molecule has 0 bridgehead atoms. The van der Waals surface area contributed by atoms with E-state index in [1.165, 1.54) is 0 Å². The molecule has 2 aromatic rings. The van der Waals surface area contributed by atoms with Gasteiger partial charge in [-0.1, -0.05) is 5.16 Å². The first-order valence-corrected chi connectivity index (χ1v) is 7.14. The van der Waals surface area contributed by atoms with Gasteiger partial charge in [0.25, 0.3) is 0 Å². The average molecular weight is 307 g/mol. The van der Waals surface area contributed by atoms with E-state index < -0.39 is 17.7 Å². The Morgan fingerprint density at radius 2 is 2.23 bits per heavy atom. The number of carbonyl (C=O) groups is 1. The summed E-state index contributed by atoms with van der Waals surface area (Å²) >= 11 is 0. The van der Waals surface area contributed by atoms with Crippen molar-refractivity contribution in [3.63, 3.8) is 0 Å². The second-order valence-corrected chi connectivity index (χ2v) is 5.91. The number of rotatable bonds is 4. The standard InChI is InChI=1S/C14H21N5O3/c1-6-19-8-10(7-15-19)11-17-12(22-18-11)9(2)16-13(20)21-14(3,4)5/h7-9H,6H2,1-5H3,(H,16,20)/t9-/m1/s1. The maximum atomic E-state index is 11.7. The van der Waals surface area contributed by atoms with Crippen LogP contribution >= 0.6 is 0 Å². The third-order valence-electron chi connectivity index (χ3n) is 2.76. The van der Waals surface area contributed by atoms with E-state index in [1.54, 1.807) is 38.6 Å². The number of hydrogen-bond donors (Lipinski definition) is 1. The van der Waals surface area contributed by atoms with Gasteiger partial charge in [0, 0.05) is 12.7 Å². The van der Waals surface area contributed by atoms with E-state index in [9.17, 15) is 4.79 Å². The van der Waals surface area contributed by atoms with Crippen LogP contribution in [-0.2, 0) is 11.3 Å². The van der Waals surface area contributed by atoms with Gasteiger partial charge in [0.1, 0.15) is 11.6 Å². The zero-order valence-electron chi connectivity index (χ0n) is 13.5. The molecule has 0 aliphatic rings. The van der Waals surface area contributed by atoms with Crippen LogP contribution in [0.25, 0.3) is 11.4 Å².